The number of hydrogen-bond donors (Lipinski definition) is 2. The van der Waals surface area contributed by atoms with Crippen LogP contribution in [0, 0.1) is 5.82 Å². The number of amides is 2. The van der Waals surface area contributed by atoms with Crippen molar-refractivity contribution in [3.8, 4) is 0 Å². The molecule has 25 heavy (non-hydrogen) atoms. The summed E-state index contributed by atoms with van der Waals surface area (Å²) in [6, 6.07) is 9.89. The molecule has 4 rings (SSSR count). The van der Waals surface area contributed by atoms with Crippen LogP contribution >= 0.6 is 0 Å². The van der Waals surface area contributed by atoms with Gasteiger partial charge in [0.15, 0.2) is 0 Å². The first-order chi connectivity index (χ1) is 12.1. The fraction of sp³-hybridized carbons (Fsp3) is 0.176. The predicted molar refractivity (Wildman–Crippen MR) is 87.1 cm³/mol. The molecule has 2 aromatic carbocycles. The Morgan fingerprint density at radius 1 is 1.16 bits per heavy atom. The number of hydrogen-bond acceptors (Lipinski definition) is 4. The number of benzene rings is 2. The lowest BCUT2D eigenvalue weighted by atomic mass is 10.0. The van der Waals surface area contributed by atoms with E-state index in [2.05, 4.69) is 20.7 Å². The van der Waals surface area contributed by atoms with Crippen molar-refractivity contribution in [3.05, 3.63) is 59.4 Å². The number of nitrogens with one attached hydrogen (secondary N) is 2. The van der Waals surface area contributed by atoms with Gasteiger partial charge in [0.2, 0.25) is 5.91 Å². The quantitative estimate of drug-likeness (QED) is 0.738. The van der Waals surface area contributed by atoms with Gasteiger partial charge in [-0.2, -0.15) is 15.4 Å². The number of piperazine rings is 1. The van der Waals surface area contributed by atoms with Crippen molar-refractivity contribution in [2.24, 2.45) is 0 Å². The summed E-state index contributed by atoms with van der Waals surface area (Å²) in [5, 5.41) is 13.1. The first-order valence-electron chi connectivity index (χ1n) is 7.79. The first kappa shape index (κ1) is 15.3. The predicted octanol–water partition coefficient (Wildman–Crippen LogP) is 1.41. The number of carbonyl (C=O) groups excluding carboxylic acids is 2. The SMILES string of the molecule is O=C1NCCN(C(=O)c2ccc3n[nH]nc3c2)C1c1ccccc1F. The van der Waals surface area contributed by atoms with Gasteiger partial charge in [0.1, 0.15) is 22.9 Å². The molecule has 7 nitrogen and oxygen atoms in total. The second kappa shape index (κ2) is 5.97. The molecular formula is C17H14FN5O2. The van der Waals surface area contributed by atoms with Crippen LogP contribution in [0.5, 0.6) is 0 Å². The molecule has 0 aliphatic carbocycles. The number of rotatable bonds is 2. The molecule has 1 aliphatic rings. The number of H-pyrrole nitrogens is 1. The van der Waals surface area contributed by atoms with Crippen molar-refractivity contribution in [1.82, 2.24) is 25.6 Å². The number of fused-ring (bicyclic) bond motifs is 1. The number of halogens is 1. The Bertz CT molecular complexity index is 970. The van der Waals surface area contributed by atoms with Crippen LogP contribution in [0.25, 0.3) is 11.0 Å². The molecule has 1 unspecified atom stereocenters. The standard InChI is InChI=1S/C17H14FN5O2/c18-12-4-2-1-3-11(12)15-16(24)19-7-8-23(15)17(25)10-5-6-13-14(9-10)21-22-20-13/h1-6,9,15H,7-8H2,(H,19,24)(H,20,21,22). The zero-order valence-corrected chi connectivity index (χ0v) is 13.1. The highest BCUT2D eigenvalue weighted by atomic mass is 19.1. The van der Waals surface area contributed by atoms with Gasteiger partial charge in [-0.1, -0.05) is 18.2 Å². The Balaban J connectivity index is 1.74. The van der Waals surface area contributed by atoms with Gasteiger partial charge in [-0.25, -0.2) is 4.39 Å². The third-order valence-electron chi connectivity index (χ3n) is 4.24. The van der Waals surface area contributed by atoms with Crippen LogP contribution in [0.1, 0.15) is 22.0 Å². The van der Waals surface area contributed by atoms with Gasteiger partial charge in [-0.15, -0.1) is 0 Å². The largest absolute Gasteiger partial charge is 0.352 e. The van der Waals surface area contributed by atoms with Gasteiger partial charge in [0.05, 0.1) is 0 Å². The highest BCUT2D eigenvalue weighted by Crippen LogP contribution is 2.27. The summed E-state index contributed by atoms with van der Waals surface area (Å²) in [4.78, 5) is 26.7. The van der Waals surface area contributed by atoms with Gasteiger partial charge in [-0.3, -0.25) is 9.59 Å². The number of carbonyl (C=O) groups is 2. The van der Waals surface area contributed by atoms with Crippen molar-refractivity contribution < 1.29 is 14.0 Å². The van der Waals surface area contributed by atoms with Crippen molar-refractivity contribution in [2.75, 3.05) is 13.1 Å². The molecule has 1 fully saturated rings. The lowest BCUT2D eigenvalue weighted by Gasteiger charge is -2.35. The van der Waals surface area contributed by atoms with Crippen molar-refractivity contribution >= 4 is 22.8 Å². The van der Waals surface area contributed by atoms with Crippen molar-refractivity contribution in [2.45, 2.75) is 6.04 Å². The summed E-state index contributed by atoms with van der Waals surface area (Å²) in [6.07, 6.45) is 0. The van der Waals surface area contributed by atoms with Crippen molar-refractivity contribution in [1.29, 1.82) is 0 Å². The molecule has 2 heterocycles. The fourth-order valence-corrected chi connectivity index (χ4v) is 3.03. The molecule has 1 atom stereocenters. The minimum absolute atomic E-state index is 0.176. The lowest BCUT2D eigenvalue weighted by molar-refractivity contribution is -0.128. The lowest BCUT2D eigenvalue weighted by Crippen LogP contribution is -2.52. The highest BCUT2D eigenvalue weighted by molar-refractivity contribution is 6.00. The van der Waals surface area contributed by atoms with Crippen LogP contribution in [0.15, 0.2) is 42.5 Å². The van der Waals surface area contributed by atoms with E-state index in [1.54, 1.807) is 30.3 Å². The molecular weight excluding hydrogens is 325 g/mol. The Morgan fingerprint density at radius 3 is 2.80 bits per heavy atom. The van der Waals surface area contributed by atoms with E-state index in [1.165, 1.54) is 17.0 Å². The third-order valence-corrected chi connectivity index (χ3v) is 4.24. The Hall–Kier alpha value is -3.29. The third kappa shape index (κ3) is 2.61. The van der Waals surface area contributed by atoms with Gasteiger partial charge < -0.3 is 10.2 Å². The van der Waals surface area contributed by atoms with Crippen LogP contribution in [-0.4, -0.2) is 45.2 Å². The first-order valence-corrected chi connectivity index (χ1v) is 7.79. The Labute approximate surface area is 141 Å². The summed E-state index contributed by atoms with van der Waals surface area (Å²) < 4.78 is 14.2. The minimum Gasteiger partial charge on any atom is -0.352 e. The summed E-state index contributed by atoms with van der Waals surface area (Å²) in [5.41, 5.74) is 1.74. The molecule has 0 spiro atoms. The zero-order valence-electron chi connectivity index (χ0n) is 13.1. The van der Waals surface area contributed by atoms with E-state index in [-0.39, 0.29) is 11.5 Å². The summed E-state index contributed by atoms with van der Waals surface area (Å²) >= 11 is 0. The monoisotopic (exact) mass is 339 g/mol. The van der Waals surface area contributed by atoms with Crippen LogP contribution in [0.3, 0.4) is 0 Å². The van der Waals surface area contributed by atoms with E-state index in [4.69, 9.17) is 0 Å². The molecule has 0 bridgehead atoms. The van der Waals surface area contributed by atoms with Crippen LogP contribution < -0.4 is 5.32 Å². The van der Waals surface area contributed by atoms with E-state index in [9.17, 15) is 14.0 Å². The van der Waals surface area contributed by atoms with Crippen molar-refractivity contribution in [3.63, 3.8) is 0 Å². The number of aromatic nitrogens is 3. The normalized spacial score (nSPS) is 17.6. The maximum atomic E-state index is 14.2. The van der Waals surface area contributed by atoms with E-state index in [1.807, 2.05) is 0 Å². The van der Waals surface area contributed by atoms with Crippen LogP contribution in [-0.2, 0) is 4.79 Å². The summed E-state index contributed by atoms with van der Waals surface area (Å²) in [5.74, 6) is -1.27. The average Bonchev–Trinajstić information content (AvgIpc) is 3.09. The van der Waals surface area contributed by atoms with Gasteiger partial charge >= 0.3 is 0 Å². The highest BCUT2D eigenvalue weighted by Gasteiger charge is 2.36. The molecule has 1 saturated heterocycles. The average molecular weight is 339 g/mol. The van der Waals surface area contributed by atoms with Gasteiger partial charge in [0.25, 0.3) is 5.91 Å². The van der Waals surface area contributed by atoms with E-state index in [0.717, 1.165) is 0 Å². The van der Waals surface area contributed by atoms with E-state index in [0.29, 0.717) is 29.7 Å². The molecule has 1 aromatic heterocycles. The van der Waals surface area contributed by atoms with E-state index >= 15 is 0 Å². The topological polar surface area (TPSA) is 91.0 Å². The molecule has 0 saturated carbocycles. The number of aromatic amines is 1. The molecule has 2 amide bonds. The Kier molecular flexibility index (Phi) is 3.64. The summed E-state index contributed by atoms with van der Waals surface area (Å²) in [7, 11) is 0. The van der Waals surface area contributed by atoms with E-state index < -0.39 is 17.8 Å². The second-order valence-corrected chi connectivity index (χ2v) is 5.74. The molecule has 2 N–H and O–H groups in total. The minimum atomic E-state index is -1.00. The molecule has 126 valence electrons. The second-order valence-electron chi connectivity index (χ2n) is 5.74. The fourth-order valence-electron chi connectivity index (χ4n) is 3.03. The van der Waals surface area contributed by atoms with Crippen LogP contribution in [0.2, 0.25) is 0 Å². The molecule has 1 aliphatic heterocycles. The molecule has 8 heteroatoms. The molecule has 3 aromatic rings. The smallest absolute Gasteiger partial charge is 0.254 e. The van der Waals surface area contributed by atoms with Gasteiger partial charge in [-0.05, 0) is 24.3 Å². The maximum absolute atomic E-state index is 14.2. The Morgan fingerprint density at radius 2 is 1.96 bits per heavy atom. The maximum Gasteiger partial charge on any atom is 0.254 e. The zero-order chi connectivity index (χ0) is 17.4. The van der Waals surface area contributed by atoms with Gasteiger partial charge in [0, 0.05) is 24.2 Å². The van der Waals surface area contributed by atoms with Crippen LogP contribution in [0.4, 0.5) is 4.39 Å². The number of nitrogens with zero attached hydrogens (tertiary/aromatic N) is 3. The summed E-state index contributed by atoms with van der Waals surface area (Å²) in [6.45, 7) is 0.613. The molecule has 0 radical (unpaired) electrons.